The third-order valence-electron chi connectivity index (χ3n) is 5.32. The van der Waals surface area contributed by atoms with Gasteiger partial charge in [-0.05, 0) is 35.4 Å². The van der Waals surface area contributed by atoms with E-state index >= 15 is 0 Å². The molecule has 0 aliphatic carbocycles. The number of likely N-dealkylation sites (N-methyl/N-ethyl adjacent to an activating group) is 1. The van der Waals surface area contributed by atoms with Crippen molar-refractivity contribution < 1.29 is 14.0 Å². The highest BCUT2D eigenvalue weighted by atomic mass is 35.5. The fourth-order valence-electron chi connectivity index (χ4n) is 3.49. The summed E-state index contributed by atoms with van der Waals surface area (Å²) in [6.07, 6.45) is 0.344. The van der Waals surface area contributed by atoms with Gasteiger partial charge in [0.2, 0.25) is 11.8 Å². The van der Waals surface area contributed by atoms with E-state index in [2.05, 4.69) is 5.32 Å². The first-order valence-electron chi connectivity index (χ1n) is 10.7. The van der Waals surface area contributed by atoms with Crippen LogP contribution < -0.4 is 5.32 Å². The Balaban J connectivity index is 1.85. The Labute approximate surface area is 213 Å². The lowest BCUT2D eigenvalue weighted by atomic mass is 10.0. The molecule has 0 bridgehead atoms. The van der Waals surface area contributed by atoms with Crippen molar-refractivity contribution in [1.82, 2.24) is 10.2 Å². The number of thioether (sulfide) groups is 1. The lowest BCUT2D eigenvalue weighted by Crippen LogP contribution is -2.50. The molecule has 178 valence electrons. The normalized spacial score (nSPS) is 11.6. The SMILES string of the molecule is CNC(=O)[C@H](Cc1ccccc1)N(Cc1c(Cl)cccc1Cl)C(=O)CSCc1ccc(F)cc1. The molecule has 34 heavy (non-hydrogen) atoms. The van der Waals surface area contributed by atoms with Crippen LogP contribution in [0.15, 0.2) is 72.8 Å². The number of nitrogens with zero attached hydrogens (tertiary/aromatic N) is 1. The fourth-order valence-corrected chi connectivity index (χ4v) is 4.88. The van der Waals surface area contributed by atoms with Gasteiger partial charge in [-0.25, -0.2) is 4.39 Å². The molecule has 0 aliphatic rings. The Hall–Kier alpha value is -2.54. The summed E-state index contributed by atoms with van der Waals surface area (Å²) in [5.74, 6) is -0.115. The Morgan fingerprint density at radius 1 is 0.941 bits per heavy atom. The lowest BCUT2D eigenvalue weighted by molar-refractivity contribution is -0.139. The van der Waals surface area contributed by atoms with Gasteiger partial charge in [-0.15, -0.1) is 11.8 Å². The highest BCUT2D eigenvalue weighted by molar-refractivity contribution is 7.99. The van der Waals surface area contributed by atoms with Crippen LogP contribution in [-0.4, -0.2) is 35.6 Å². The second-order valence-electron chi connectivity index (χ2n) is 7.66. The monoisotopic (exact) mass is 518 g/mol. The lowest BCUT2D eigenvalue weighted by Gasteiger charge is -2.31. The molecule has 0 aliphatic heterocycles. The summed E-state index contributed by atoms with van der Waals surface area (Å²) >= 11 is 14.2. The first kappa shape index (κ1) is 26.1. The van der Waals surface area contributed by atoms with Gasteiger partial charge in [0.25, 0.3) is 0 Å². The predicted octanol–water partition coefficient (Wildman–Crippen LogP) is 5.75. The number of hydrogen-bond acceptors (Lipinski definition) is 3. The van der Waals surface area contributed by atoms with Crippen molar-refractivity contribution in [2.24, 2.45) is 0 Å². The van der Waals surface area contributed by atoms with E-state index in [-0.39, 0.29) is 29.9 Å². The van der Waals surface area contributed by atoms with Gasteiger partial charge in [-0.1, -0.05) is 71.7 Å². The average Bonchev–Trinajstić information content (AvgIpc) is 2.84. The maximum Gasteiger partial charge on any atom is 0.242 e. The quantitative estimate of drug-likeness (QED) is 0.371. The molecule has 0 saturated carbocycles. The summed E-state index contributed by atoms with van der Waals surface area (Å²) in [7, 11) is 1.55. The second kappa shape index (κ2) is 12.8. The number of nitrogens with one attached hydrogen (secondary N) is 1. The molecule has 1 atom stereocenters. The molecule has 0 fully saturated rings. The summed E-state index contributed by atoms with van der Waals surface area (Å²) in [6, 6.07) is 20.1. The minimum atomic E-state index is -0.751. The van der Waals surface area contributed by atoms with Crippen molar-refractivity contribution in [3.63, 3.8) is 0 Å². The molecule has 0 heterocycles. The van der Waals surface area contributed by atoms with Gasteiger partial charge in [0.15, 0.2) is 0 Å². The zero-order chi connectivity index (χ0) is 24.5. The number of amides is 2. The van der Waals surface area contributed by atoms with Crippen LogP contribution in [0.2, 0.25) is 10.0 Å². The minimum absolute atomic E-state index is 0.0966. The van der Waals surface area contributed by atoms with Gasteiger partial charge >= 0.3 is 0 Å². The Bertz CT molecular complexity index is 1090. The maximum absolute atomic E-state index is 13.4. The molecule has 4 nitrogen and oxygen atoms in total. The van der Waals surface area contributed by atoms with Gasteiger partial charge in [0.05, 0.1) is 5.75 Å². The van der Waals surface area contributed by atoms with Crippen LogP contribution in [0.3, 0.4) is 0 Å². The smallest absolute Gasteiger partial charge is 0.242 e. The molecule has 0 aromatic heterocycles. The van der Waals surface area contributed by atoms with Gasteiger partial charge in [0, 0.05) is 41.4 Å². The van der Waals surface area contributed by atoms with Crippen LogP contribution in [0.1, 0.15) is 16.7 Å². The van der Waals surface area contributed by atoms with Gasteiger partial charge < -0.3 is 10.2 Å². The molecule has 3 aromatic rings. The van der Waals surface area contributed by atoms with Crippen LogP contribution in [0.5, 0.6) is 0 Å². The Morgan fingerprint density at radius 2 is 1.59 bits per heavy atom. The minimum Gasteiger partial charge on any atom is -0.357 e. The van der Waals surface area contributed by atoms with Gasteiger partial charge in [0.1, 0.15) is 11.9 Å². The third-order valence-corrected chi connectivity index (χ3v) is 7.01. The van der Waals surface area contributed by atoms with Crippen molar-refractivity contribution >= 4 is 46.8 Å². The van der Waals surface area contributed by atoms with E-state index in [1.807, 2.05) is 30.3 Å². The van der Waals surface area contributed by atoms with Crippen molar-refractivity contribution in [3.8, 4) is 0 Å². The summed E-state index contributed by atoms with van der Waals surface area (Å²) in [6.45, 7) is 0.0966. The second-order valence-corrected chi connectivity index (χ2v) is 9.46. The largest absolute Gasteiger partial charge is 0.357 e. The van der Waals surface area contributed by atoms with Gasteiger partial charge in [-0.3, -0.25) is 9.59 Å². The predicted molar refractivity (Wildman–Crippen MR) is 138 cm³/mol. The van der Waals surface area contributed by atoms with Crippen molar-refractivity contribution in [2.45, 2.75) is 24.8 Å². The molecule has 1 N–H and O–H groups in total. The summed E-state index contributed by atoms with van der Waals surface area (Å²) < 4.78 is 13.2. The number of benzene rings is 3. The van der Waals surface area contributed by atoms with Crippen LogP contribution >= 0.6 is 35.0 Å². The first-order chi connectivity index (χ1) is 16.4. The maximum atomic E-state index is 13.4. The number of halogens is 3. The number of rotatable bonds is 10. The van der Waals surface area contributed by atoms with Gasteiger partial charge in [-0.2, -0.15) is 0 Å². The third kappa shape index (κ3) is 7.23. The molecule has 0 spiro atoms. The molecular weight excluding hydrogens is 494 g/mol. The average molecular weight is 519 g/mol. The zero-order valence-electron chi connectivity index (χ0n) is 18.6. The van der Waals surface area contributed by atoms with E-state index in [9.17, 15) is 14.0 Å². The molecule has 0 unspecified atom stereocenters. The summed E-state index contributed by atoms with van der Waals surface area (Å²) in [5, 5.41) is 3.54. The van der Waals surface area contributed by atoms with Crippen LogP contribution in [0.25, 0.3) is 0 Å². The van der Waals surface area contributed by atoms with Crippen LogP contribution in [0, 0.1) is 5.82 Å². The molecule has 8 heteroatoms. The number of carbonyl (C=O) groups excluding carboxylic acids is 2. The Kier molecular flexibility index (Phi) is 9.81. The molecule has 0 saturated heterocycles. The van der Waals surface area contributed by atoms with E-state index in [0.717, 1.165) is 11.1 Å². The van der Waals surface area contributed by atoms with Crippen molar-refractivity contribution in [2.75, 3.05) is 12.8 Å². The standard InChI is InChI=1S/C26H25Cl2FN2O2S/c1-30-26(33)24(14-18-6-3-2-4-7-18)31(15-21-22(27)8-5-9-23(21)28)25(32)17-34-16-19-10-12-20(29)13-11-19/h2-13,24H,14-17H2,1H3,(H,30,33)/t24-/m0/s1. The summed E-state index contributed by atoms with van der Waals surface area (Å²) in [4.78, 5) is 27.9. The molecule has 3 aromatic carbocycles. The summed E-state index contributed by atoms with van der Waals surface area (Å²) in [5.41, 5.74) is 2.43. The van der Waals surface area contributed by atoms with E-state index < -0.39 is 6.04 Å². The molecule has 3 rings (SSSR count). The topological polar surface area (TPSA) is 49.4 Å². The fraction of sp³-hybridized carbons (Fsp3) is 0.231. The van der Waals surface area contributed by atoms with Crippen LogP contribution in [0.4, 0.5) is 4.39 Å². The Morgan fingerprint density at radius 3 is 2.21 bits per heavy atom. The van der Waals surface area contributed by atoms with E-state index in [4.69, 9.17) is 23.2 Å². The first-order valence-corrected chi connectivity index (χ1v) is 12.6. The van der Waals surface area contributed by atoms with E-state index in [1.165, 1.54) is 28.8 Å². The number of carbonyl (C=O) groups is 2. The highest BCUT2D eigenvalue weighted by Crippen LogP contribution is 2.27. The van der Waals surface area contributed by atoms with Crippen molar-refractivity contribution in [1.29, 1.82) is 0 Å². The van der Waals surface area contributed by atoms with Crippen molar-refractivity contribution in [3.05, 3.63) is 105 Å². The molecule has 0 radical (unpaired) electrons. The zero-order valence-corrected chi connectivity index (χ0v) is 21.0. The van der Waals surface area contributed by atoms with E-state index in [0.29, 0.717) is 27.8 Å². The highest BCUT2D eigenvalue weighted by Gasteiger charge is 2.30. The molecular formula is C26H25Cl2FN2O2S. The van der Waals surface area contributed by atoms with E-state index in [1.54, 1.807) is 37.4 Å². The van der Waals surface area contributed by atoms with Crippen LogP contribution in [-0.2, 0) is 28.3 Å². The number of hydrogen-bond donors (Lipinski definition) is 1. The molecule has 2 amide bonds.